The molecular formula is C22H40Si6. The van der Waals surface area contributed by atoms with Crippen LogP contribution in [0.5, 0.6) is 0 Å². The molecule has 0 aliphatic carbocycles. The van der Waals surface area contributed by atoms with Crippen molar-refractivity contribution in [3.63, 3.8) is 0 Å². The number of rotatable bonds is 2. The van der Waals surface area contributed by atoms with Crippen molar-refractivity contribution in [2.24, 2.45) is 0 Å². The van der Waals surface area contributed by atoms with Crippen LogP contribution in [0.25, 0.3) is 0 Å². The highest BCUT2D eigenvalue weighted by molar-refractivity contribution is 8.16. The summed E-state index contributed by atoms with van der Waals surface area (Å²) in [6.45, 7) is 28.7. The molecule has 1 fully saturated rings. The first-order chi connectivity index (χ1) is 12.7. The predicted molar refractivity (Wildman–Crippen MR) is 145 cm³/mol. The van der Waals surface area contributed by atoms with Gasteiger partial charge in [-0.2, -0.15) is 0 Å². The van der Waals surface area contributed by atoms with Crippen molar-refractivity contribution >= 4 is 53.0 Å². The van der Waals surface area contributed by atoms with Gasteiger partial charge in [-0.25, -0.2) is 0 Å². The summed E-state index contributed by atoms with van der Waals surface area (Å²) in [7, 11) is -8.73. The van der Waals surface area contributed by atoms with E-state index in [0.29, 0.717) is 0 Å². The lowest BCUT2D eigenvalue weighted by atomic mass is 10.4. The molecule has 0 amide bonds. The van der Waals surface area contributed by atoms with Gasteiger partial charge in [-0.15, -0.1) is 0 Å². The fourth-order valence-electron chi connectivity index (χ4n) is 6.90. The number of hydrogen-bond acceptors (Lipinski definition) is 0. The summed E-state index contributed by atoms with van der Waals surface area (Å²) < 4.78 is 0. The molecule has 2 aromatic carbocycles. The van der Waals surface area contributed by atoms with Gasteiger partial charge in [0.2, 0.25) is 0 Å². The Hall–Kier alpha value is -0.259. The number of benzene rings is 2. The molecule has 152 valence electrons. The van der Waals surface area contributed by atoms with Crippen LogP contribution in [0, 0.1) is 0 Å². The molecule has 28 heavy (non-hydrogen) atoms. The lowest BCUT2D eigenvalue weighted by Crippen LogP contribution is -3.06. The summed E-state index contributed by atoms with van der Waals surface area (Å²) in [4.78, 5) is 0. The van der Waals surface area contributed by atoms with Gasteiger partial charge in [0.25, 0.3) is 0 Å². The van der Waals surface area contributed by atoms with Crippen molar-refractivity contribution in [1.29, 1.82) is 0 Å². The van der Waals surface area contributed by atoms with Crippen LogP contribution in [0.2, 0.25) is 65.5 Å². The minimum absolute atomic E-state index is 1.29. The van der Waals surface area contributed by atoms with Crippen LogP contribution in [-0.4, -0.2) is 42.7 Å². The zero-order chi connectivity index (χ0) is 21.2. The van der Waals surface area contributed by atoms with E-state index >= 15 is 0 Å². The van der Waals surface area contributed by atoms with Gasteiger partial charge in [-0.3, -0.25) is 0 Å². The maximum Gasteiger partial charge on any atom is 0.0711 e. The molecule has 0 spiro atoms. The summed E-state index contributed by atoms with van der Waals surface area (Å²) in [5.41, 5.74) is 0. The third kappa shape index (κ3) is 2.36. The van der Waals surface area contributed by atoms with E-state index in [9.17, 15) is 0 Å². The Morgan fingerprint density at radius 1 is 0.357 bits per heavy atom. The van der Waals surface area contributed by atoms with Crippen molar-refractivity contribution < 1.29 is 0 Å². The molecule has 0 bridgehead atoms. The standard InChI is InChI=1S/C22H40Si6/c1-23(2)24(3,4)26(7,8)28(10,22-19-15-12-16-20-22)27(9,25(23,5)6)21-17-13-11-14-18-21/h11-20H,1-10H3/t27-,28-/m0/s1. The smallest absolute Gasteiger partial charge is 0.0711 e. The second-order valence-corrected chi connectivity index (χ2v) is 81.1. The fraction of sp³-hybridized carbons (Fsp3) is 0.455. The summed E-state index contributed by atoms with van der Waals surface area (Å²) in [5.74, 6) is 0. The van der Waals surface area contributed by atoms with Crippen molar-refractivity contribution in [3.8, 4) is 0 Å². The van der Waals surface area contributed by atoms with Gasteiger partial charge < -0.3 is 0 Å². The summed E-state index contributed by atoms with van der Waals surface area (Å²) in [6.07, 6.45) is 0. The van der Waals surface area contributed by atoms with Crippen LogP contribution < -0.4 is 10.4 Å². The topological polar surface area (TPSA) is 0 Å². The zero-order valence-corrected chi connectivity index (χ0v) is 25.8. The maximum absolute atomic E-state index is 2.89. The first-order valence-electron chi connectivity index (χ1n) is 10.8. The largest absolute Gasteiger partial charge is 0.0735 e. The van der Waals surface area contributed by atoms with Crippen molar-refractivity contribution in [3.05, 3.63) is 60.7 Å². The summed E-state index contributed by atoms with van der Waals surface area (Å²) in [6, 6.07) is 24.0. The molecule has 2 aromatic rings. The molecule has 0 unspecified atom stereocenters. The molecule has 0 aromatic heterocycles. The van der Waals surface area contributed by atoms with Crippen LogP contribution in [0.1, 0.15) is 0 Å². The molecule has 3 rings (SSSR count). The first kappa shape index (κ1) is 22.4. The Morgan fingerprint density at radius 3 is 0.857 bits per heavy atom. The van der Waals surface area contributed by atoms with E-state index in [1.54, 1.807) is 10.4 Å². The second-order valence-electron chi connectivity index (χ2n) is 11.5. The zero-order valence-electron chi connectivity index (χ0n) is 19.8. The van der Waals surface area contributed by atoms with Gasteiger partial charge in [0.1, 0.15) is 0 Å². The third-order valence-electron chi connectivity index (χ3n) is 10.9. The van der Waals surface area contributed by atoms with Gasteiger partial charge in [-0.1, -0.05) is 137 Å². The SMILES string of the molecule is C[Si]1(C)[Si](C)(C)[Si](C)(C)[Si@](C)(c2ccccc2)[Si@@](C)(c2ccccc2)[Si]1(C)C. The Morgan fingerprint density at radius 2 is 0.607 bits per heavy atom. The lowest BCUT2D eigenvalue weighted by molar-refractivity contribution is 1.69. The van der Waals surface area contributed by atoms with Gasteiger partial charge >= 0.3 is 0 Å². The minimum atomic E-state index is -1.66. The molecule has 0 saturated carbocycles. The third-order valence-corrected chi connectivity index (χ3v) is 159. The lowest BCUT2D eigenvalue weighted by Gasteiger charge is -2.74. The van der Waals surface area contributed by atoms with E-state index in [2.05, 4.69) is 126 Å². The van der Waals surface area contributed by atoms with Crippen molar-refractivity contribution in [2.45, 2.75) is 65.5 Å². The molecule has 0 radical (unpaired) electrons. The van der Waals surface area contributed by atoms with E-state index in [4.69, 9.17) is 0 Å². The van der Waals surface area contributed by atoms with E-state index in [1.165, 1.54) is 0 Å². The molecule has 1 saturated heterocycles. The van der Waals surface area contributed by atoms with Gasteiger partial charge in [0.15, 0.2) is 0 Å². The monoisotopic (exact) mass is 472 g/mol. The van der Waals surface area contributed by atoms with E-state index in [1.807, 2.05) is 0 Å². The van der Waals surface area contributed by atoms with E-state index < -0.39 is 42.7 Å². The van der Waals surface area contributed by atoms with E-state index in [0.717, 1.165) is 0 Å². The highest BCUT2D eigenvalue weighted by atomic mass is 30.2. The Balaban J connectivity index is 2.52. The maximum atomic E-state index is 2.89. The average molecular weight is 473 g/mol. The molecule has 0 N–H and O–H groups in total. The quantitative estimate of drug-likeness (QED) is 0.522. The summed E-state index contributed by atoms with van der Waals surface area (Å²) in [5, 5.41) is 3.60. The molecule has 1 aliphatic heterocycles. The minimum Gasteiger partial charge on any atom is -0.0735 e. The summed E-state index contributed by atoms with van der Waals surface area (Å²) >= 11 is 0. The van der Waals surface area contributed by atoms with Crippen LogP contribution in [0.3, 0.4) is 0 Å². The van der Waals surface area contributed by atoms with Crippen molar-refractivity contribution in [1.82, 2.24) is 0 Å². The molecule has 2 atom stereocenters. The van der Waals surface area contributed by atoms with Crippen LogP contribution in [-0.2, 0) is 0 Å². The van der Waals surface area contributed by atoms with Crippen molar-refractivity contribution in [2.75, 3.05) is 0 Å². The van der Waals surface area contributed by atoms with Crippen LogP contribution in [0.15, 0.2) is 60.7 Å². The predicted octanol–water partition coefficient (Wildman–Crippen LogP) is 5.28. The van der Waals surface area contributed by atoms with Crippen LogP contribution >= 0.6 is 0 Å². The normalized spacial score (nSPS) is 32.6. The average Bonchev–Trinajstić information content (AvgIpc) is 2.66. The van der Waals surface area contributed by atoms with Crippen LogP contribution in [0.4, 0.5) is 0 Å². The van der Waals surface area contributed by atoms with E-state index in [-0.39, 0.29) is 0 Å². The highest BCUT2D eigenvalue weighted by Gasteiger charge is 2.79. The molecular weight excluding hydrogens is 433 g/mol. The molecule has 0 nitrogen and oxygen atoms in total. The Bertz CT molecular complexity index is 786. The second kappa shape index (κ2) is 6.62. The van der Waals surface area contributed by atoms with Gasteiger partial charge in [0, 0.05) is 28.4 Å². The molecule has 1 heterocycles. The molecule has 1 aliphatic rings. The Kier molecular flexibility index (Phi) is 5.30. The van der Waals surface area contributed by atoms with Gasteiger partial charge in [0.05, 0.1) is 14.2 Å². The first-order valence-corrected chi connectivity index (χ1v) is 33.8. The number of hydrogen-bond donors (Lipinski definition) is 0. The highest BCUT2D eigenvalue weighted by Crippen LogP contribution is 2.51. The Labute approximate surface area is 178 Å². The molecule has 6 heteroatoms. The van der Waals surface area contributed by atoms with Gasteiger partial charge in [-0.05, 0) is 0 Å². The fourth-order valence-corrected chi connectivity index (χ4v) is 247.